The van der Waals surface area contributed by atoms with Crippen molar-refractivity contribution < 1.29 is 36.5 Å². The van der Waals surface area contributed by atoms with Crippen molar-refractivity contribution in [3.63, 3.8) is 0 Å². The van der Waals surface area contributed by atoms with Crippen LogP contribution >= 0.6 is 0 Å². The number of rotatable bonds is 19. The fourth-order valence-electron chi connectivity index (χ4n) is 8.73. The van der Waals surface area contributed by atoms with Gasteiger partial charge in [0.15, 0.2) is 8.32 Å². The first-order valence-corrected chi connectivity index (χ1v) is 23.5. The molecule has 3 aromatic rings. The zero-order valence-electron chi connectivity index (χ0n) is 34.5. The van der Waals surface area contributed by atoms with E-state index >= 15 is 0 Å². The van der Waals surface area contributed by atoms with Crippen LogP contribution in [0.2, 0.25) is 16.6 Å². The van der Waals surface area contributed by atoms with Gasteiger partial charge in [0, 0.05) is 39.3 Å². The predicted molar refractivity (Wildman–Crippen MR) is 222 cm³/mol. The zero-order chi connectivity index (χ0) is 39.8. The van der Waals surface area contributed by atoms with Gasteiger partial charge in [-0.05, 0) is 77.5 Å². The molecule has 10 nitrogen and oxygen atoms in total. The third kappa shape index (κ3) is 10.1. The maximum absolute atomic E-state index is 14.3. The number of benzene rings is 3. The van der Waals surface area contributed by atoms with Gasteiger partial charge in [-0.25, -0.2) is 8.42 Å². The van der Waals surface area contributed by atoms with E-state index in [-0.39, 0.29) is 30.5 Å². The average Bonchev–Trinajstić information content (AvgIpc) is 3.16. The van der Waals surface area contributed by atoms with Gasteiger partial charge in [-0.2, -0.15) is 4.31 Å². The third-order valence-corrected chi connectivity index (χ3v) is 19.4. The molecule has 1 fully saturated rings. The molecule has 0 bridgehead atoms. The highest BCUT2D eigenvalue weighted by atomic mass is 32.2. The van der Waals surface area contributed by atoms with E-state index in [9.17, 15) is 8.42 Å². The summed E-state index contributed by atoms with van der Waals surface area (Å²) >= 11 is 0. The fourth-order valence-corrected chi connectivity index (χ4v) is 15.6. The highest BCUT2D eigenvalue weighted by Gasteiger charge is 2.46. The van der Waals surface area contributed by atoms with E-state index in [2.05, 4.69) is 52.5 Å². The first-order valence-electron chi connectivity index (χ1n) is 19.9. The van der Waals surface area contributed by atoms with Gasteiger partial charge < -0.3 is 33.0 Å². The van der Waals surface area contributed by atoms with E-state index in [1.807, 2.05) is 55.5 Å². The molecule has 2 aliphatic rings. The molecule has 0 unspecified atom stereocenters. The van der Waals surface area contributed by atoms with Crippen molar-refractivity contribution in [3.05, 3.63) is 83.4 Å². The molecule has 55 heavy (non-hydrogen) atoms. The number of hydrogen-bond donors (Lipinski definition) is 0. The number of ether oxygens (including phenoxy) is 5. The molecule has 12 heteroatoms. The van der Waals surface area contributed by atoms with E-state index in [0.717, 1.165) is 53.4 Å². The number of piperidine rings is 1. The van der Waals surface area contributed by atoms with Crippen LogP contribution in [0, 0.1) is 6.92 Å². The first-order chi connectivity index (χ1) is 26.3. The summed E-state index contributed by atoms with van der Waals surface area (Å²) in [5.41, 5.74) is 5.33. The molecule has 0 aromatic heterocycles. The molecule has 2 heterocycles. The number of aryl methyl sites for hydroxylation is 1. The van der Waals surface area contributed by atoms with Gasteiger partial charge in [0.05, 0.1) is 56.3 Å². The van der Waals surface area contributed by atoms with E-state index < -0.39 is 30.5 Å². The maximum atomic E-state index is 14.3. The Bertz CT molecular complexity index is 1730. The maximum Gasteiger partial charge on any atom is 0.243 e. The quantitative estimate of drug-likeness (QED) is 0.0880. The molecule has 0 saturated carbocycles. The minimum atomic E-state index is -3.87. The number of hydrogen-bond acceptors (Lipinski definition) is 9. The smallest absolute Gasteiger partial charge is 0.243 e. The number of anilines is 1. The second kappa shape index (κ2) is 19.5. The Morgan fingerprint density at radius 1 is 0.818 bits per heavy atom. The standard InChI is InChI=1S/C43H64N2O8SSi/c1-31(2)55(32(3)4,33(5)6)53-26-25-51-41-28-45(54(46,47)38-18-11-34(7)12-19-38)29-42(43(41)36-14-16-37(49-9)17-15-36)52-30-35-13-20-40-39(27-35)44(22-24-50-40)21-10-23-48-8/h11-20,27,31-33,41-43H,10,21-26,28-30H2,1-9H3/t41-,42+,43+/m1/s1. The van der Waals surface area contributed by atoms with Gasteiger partial charge in [-0.15, -0.1) is 0 Å². The normalized spacial score (nSPS) is 19.6. The molecule has 3 aromatic carbocycles. The Labute approximate surface area is 331 Å². The summed E-state index contributed by atoms with van der Waals surface area (Å²) in [6, 6.07) is 21.2. The Balaban J connectivity index is 1.46. The van der Waals surface area contributed by atoms with Crippen molar-refractivity contribution in [2.24, 2.45) is 0 Å². The van der Waals surface area contributed by atoms with Gasteiger partial charge in [-0.3, -0.25) is 0 Å². The summed E-state index contributed by atoms with van der Waals surface area (Å²) in [6.07, 6.45) is -0.110. The fraction of sp³-hybridized carbons (Fsp3) is 0.581. The summed E-state index contributed by atoms with van der Waals surface area (Å²) in [5.74, 6) is 1.34. The number of sulfonamides is 1. The van der Waals surface area contributed by atoms with E-state index in [1.54, 1.807) is 30.7 Å². The molecular formula is C43H64N2O8SSi. The molecule has 1 saturated heterocycles. The van der Waals surface area contributed by atoms with Crippen LogP contribution in [-0.2, 0) is 35.3 Å². The van der Waals surface area contributed by atoms with Gasteiger partial charge >= 0.3 is 0 Å². The number of fused-ring (bicyclic) bond motifs is 1. The SMILES string of the molecule is COCCCN1CCOc2ccc(CO[C@H]3CN(S(=O)(=O)c4ccc(C)cc4)C[C@@H](OCCO[Si](C(C)C)(C(C)C)C(C)C)[C@@H]3c3ccc(OC)cc3)cc21. The minimum absolute atomic E-state index is 0.171. The van der Waals surface area contributed by atoms with Crippen LogP contribution in [0.1, 0.15) is 70.6 Å². The van der Waals surface area contributed by atoms with Crippen molar-refractivity contribution >= 4 is 24.0 Å². The molecule has 0 N–H and O–H groups in total. The Morgan fingerprint density at radius 3 is 2.09 bits per heavy atom. The Morgan fingerprint density at radius 2 is 1.47 bits per heavy atom. The highest BCUT2D eigenvalue weighted by molar-refractivity contribution is 7.89. The lowest BCUT2D eigenvalue weighted by Gasteiger charge is -2.44. The summed E-state index contributed by atoms with van der Waals surface area (Å²) in [4.78, 5) is 2.59. The van der Waals surface area contributed by atoms with Crippen LogP contribution in [0.25, 0.3) is 0 Å². The summed E-state index contributed by atoms with van der Waals surface area (Å²) < 4.78 is 67.6. The largest absolute Gasteiger partial charge is 0.497 e. The second-order valence-corrected chi connectivity index (χ2v) is 23.2. The van der Waals surface area contributed by atoms with Crippen LogP contribution in [0.4, 0.5) is 5.69 Å². The van der Waals surface area contributed by atoms with Gasteiger partial charge in [-0.1, -0.05) is 77.4 Å². The summed E-state index contributed by atoms with van der Waals surface area (Å²) in [7, 11) is -2.62. The summed E-state index contributed by atoms with van der Waals surface area (Å²) in [6.45, 7) is 20.0. The van der Waals surface area contributed by atoms with Crippen LogP contribution in [-0.4, -0.2) is 100 Å². The molecule has 0 amide bonds. The van der Waals surface area contributed by atoms with E-state index in [1.165, 1.54) is 0 Å². The molecular weight excluding hydrogens is 733 g/mol. The molecule has 0 radical (unpaired) electrons. The zero-order valence-corrected chi connectivity index (χ0v) is 36.3. The Kier molecular flexibility index (Phi) is 15.3. The molecule has 0 spiro atoms. The third-order valence-electron chi connectivity index (χ3n) is 11.4. The topological polar surface area (TPSA) is 96.0 Å². The van der Waals surface area contributed by atoms with Gasteiger partial charge in [0.1, 0.15) is 18.1 Å². The molecule has 3 atom stereocenters. The number of nitrogens with zero attached hydrogens (tertiary/aromatic N) is 2. The number of methoxy groups -OCH3 is 2. The van der Waals surface area contributed by atoms with Crippen molar-refractivity contribution in [1.29, 1.82) is 0 Å². The monoisotopic (exact) mass is 796 g/mol. The van der Waals surface area contributed by atoms with Crippen molar-refractivity contribution in [2.45, 2.75) is 101 Å². The lowest BCUT2D eigenvalue weighted by molar-refractivity contribution is -0.0829. The van der Waals surface area contributed by atoms with E-state index in [0.29, 0.717) is 43.1 Å². The van der Waals surface area contributed by atoms with Crippen LogP contribution in [0.5, 0.6) is 11.5 Å². The average molecular weight is 797 g/mol. The lowest BCUT2D eigenvalue weighted by atomic mass is 9.85. The van der Waals surface area contributed by atoms with Gasteiger partial charge in [0.25, 0.3) is 0 Å². The molecule has 2 aliphatic heterocycles. The van der Waals surface area contributed by atoms with Crippen molar-refractivity contribution in [3.8, 4) is 11.5 Å². The van der Waals surface area contributed by atoms with Gasteiger partial charge in [0.2, 0.25) is 10.0 Å². The van der Waals surface area contributed by atoms with Crippen molar-refractivity contribution in [1.82, 2.24) is 4.31 Å². The first kappa shape index (κ1) is 43.2. The van der Waals surface area contributed by atoms with Crippen LogP contribution in [0.15, 0.2) is 71.6 Å². The molecule has 5 rings (SSSR count). The van der Waals surface area contributed by atoms with Crippen LogP contribution < -0.4 is 14.4 Å². The Hall–Kier alpha value is -2.97. The minimum Gasteiger partial charge on any atom is -0.497 e. The second-order valence-electron chi connectivity index (χ2n) is 15.8. The predicted octanol–water partition coefficient (Wildman–Crippen LogP) is 8.19. The lowest BCUT2D eigenvalue weighted by Crippen LogP contribution is -2.54. The van der Waals surface area contributed by atoms with Crippen LogP contribution in [0.3, 0.4) is 0 Å². The molecule has 0 aliphatic carbocycles. The summed E-state index contributed by atoms with van der Waals surface area (Å²) in [5, 5.41) is 0. The van der Waals surface area contributed by atoms with E-state index in [4.69, 9.17) is 28.1 Å². The molecule has 304 valence electrons. The highest BCUT2D eigenvalue weighted by Crippen LogP contribution is 2.43. The van der Waals surface area contributed by atoms with Crippen molar-refractivity contribution in [2.75, 3.05) is 71.7 Å².